The minimum atomic E-state index is -0.928. The second-order valence-electron chi connectivity index (χ2n) is 8.33. The first-order chi connectivity index (χ1) is 17.4. The number of carbonyl (C=O) groups excluding carboxylic acids is 2. The van der Waals surface area contributed by atoms with Crippen LogP contribution < -0.4 is 14.4 Å². The molecule has 1 atom stereocenters. The molecule has 0 bridgehead atoms. The third-order valence-corrected chi connectivity index (χ3v) is 6.87. The summed E-state index contributed by atoms with van der Waals surface area (Å²) in [5.74, 6) is -0.0552. The molecule has 0 radical (unpaired) electrons. The topological polar surface area (TPSA) is 102 Å². The number of carbonyl (C=O) groups is 2. The Balaban J connectivity index is 1.65. The van der Waals surface area contributed by atoms with Gasteiger partial charge in [0.1, 0.15) is 17.3 Å². The molecule has 8 nitrogen and oxygen atoms in total. The van der Waals surface area contributed by atoms with Crippen molar-refractivity contribution in [3.8, 4) is 11.5 Å². The first-order valence-electron chi connectivity index (χ1n) is 11.5. The van der Waals surface area contributed by atoms with Gasteiger partial charge in [-0.15, -0.1) is 0 Å². The highest BCUT2D eigenvalue weighted by Gasteiger charge is 2.46. The lowest BCUT2D eigenvalue weighted by atomic mass is 9.95. The highest BCUT2D eigenvalue weighted by atomic mass is 32.1. The molecule has 0 saturated carbocycles. The Morgan fingerprint density at radius 1 is 1.17 bits per heavy atom. The number of furan rings is 1. The summed E-state index contributed by atoms with van der Waals surface area (Å²) < 4.78 is 17.4. The fourth-order valence-electron chi connectivity index (χ4n) is 4.16. The van der Waals surface area contributed by atoms with E-state index < -0.39 is 23.5 Å². The number of Topliss-reactive ketones (excluding diaryl/α,β-unsaturated/α-hetero) is 1. The van der Waals surface area contributed by atoms with E-state index in [9.17, 15) is 14.7 Å². The second kappa shape index (κ2) is 9.50. The first kappa shape index (κ1) is 23.6. The van der Waals surface area contributed by atoms with E-state index >= 15 is 0 Å². The van der Waals surface area contributed by atoms with Gasteiger partial charge in [0.25, 0.3) is 5.91 Å². The van der Waals surface area contributed by atoms with Crippen molar-refractivity contribution in [2.45, 2.75) is 26.3 Å². The van der Waals surface area contributed by atoms with Crippen LogP contribution in [0.2, 0.25) is 0 Å². The van der Waals surface area contributed by atoms with Gasteiger partial charge in [0.2, 0.25) is 5.78 Å². The number of aliphatic hydroxyl groups excluding tert-OH is 1. The van der Waals surface area contributed by atoms with Gasteiger partial charge in [0.05, 0.1) is 35.5 Å². The molecule has 3 heterocycles. The van der Waals surface area contributed by atoms with E-state index in [1.165, 1.54) is 22.3 Å². The molecule has 0 spiro atoms. The molecule has 1 N–H and O–H groups in total. The number of rotatable bonds is 8. The summed E-state index contributed by atoms with van der Waals surface area (Å²) in [5.41, 5.74) is 1.20. The maximum Gasteiger partial charge on any atom is 0.296 e. The van der Waals surface area contributed by atoms with E-state index in [1.807, 2.05) is 19.1 Å². The van der Waals surface area contributed by atoms with Gasteiger partial charge in [-0.2, -0.15) is 0 Å². The maximum absolute atomic E-state index is 13.5. The Labute approximate surface area is 211 Å². The average molecular weight is 505 g/mol. The van der Waals surface area contributed by atoms with E-state index in [1.54, 1.807) is 50.4 Å². The second-order valence-corrected chi connectivity index (χ2v) is 9.34. The molecule has 1 amide bonds. The minimum Gasteiger partial charge on any atom is -0.503 e. The Kier molecular flexibility index (Phi) is 6.24. The van der Waals surface area contributed by atoms with Crippen LogP contribution in [0.4, 0.5) is 5.13 Å². The van der Waals surface area contributed by atoms with Gasteiger partial charge in [0, 0.05) is 0 Å². The lowest BCUT2D eigenvalue weighted by Crippen LogP contribution is -2.31. The number of aliphatic hydroxyl groups is 1. The van der Waals surface area contributed by atoms with Crippen molar-refractivity contribution < 1.29 is 28.6 Å². The third kappa shape index (κ3) is 4.11. The summed E-state index contributed by atoms with van der Waals surface area (Å²) in [7, 11) is 1.58. The number of nitrogens with zero attached hydrogens (tertiary/aromatic N) is 2. The van der Waals surface area contributed by atoms with Gasteiger partial charge in [-0.3, -0.25) is 14.5 Å². The summed E-state index contributed by atoms with van der Waals surface area (Å²) in [6.07, 6.45) is 0.829. The number of hydrogen-bond acceptors (Lipinski definition) is 8. The highest BCUT2D eigenvalue weighted by molar-refractivity contribution is 7.22. The van der Waals surface area contributed by atoms with Gasteiger partial charge in [-0.25, -0.2) is 4.98 Å². The van der Waals surface area contributed by atoms with Crippen LogP contribution in [0.1, 0.15) is 41.3 Å². The van der Waals surface area contributed by atoms with Crippen LogP contribution in [-0.4, -0.2) is 35.5 Å². The molecule has 0 fully saturated rings. The molecule has 2 aromatic carbocycles. The molecule has 4 aromatic rings. The molecule has 9 heteroatoms. The van der Waals surface area contributed by atoms with Crippen LogP contribution in [0.3, 0.4) is 0 Å². The van der Waals surface area contributed by atoms with Crippen molar-refractivity contribution in [3.05, 3.63) is 83.0 Å². The molecule has 1 aliphatic heterocycles. The van der Waals surface area contributed by atoms with Crippen molar-refractivity contribution >= 4 is 38.4 Å². The summed E-state index contributed by atoms with van der Waals surface area (Å²) >= 11 is 1.27. The van der Waals surface area contributed by atoms with Crippen LogP contribution in [0.15, 0.2) is 70.3 Å². The van der Waals surface area contributed by atoms with Crippen LogP contribution in [-0.2, 0) is 4.79 Å². The lowest BCUT2D eigenvalue weighted by molar-refractivity contribution is -0.117. The van der Waals surface area contributed by atoms with Crippen molar-refractivity contribution in [2.75, 3.05) is 18.6 Å². The zero-order valence-corrected chi connectivity index (χ0v) is 20.8. The van der Waals surface area contributed by atoms with Gasteiger partial charge in [-0.05, 0) is 61.4 Å². The van der Waals surface area contributed by atoms with Crippen molar-refractivity contribution in [3.63, 3.8) is 0 Å². The fraction of sp³-hybridized carbons (Fsp3) is 0.222. The van der Waals surface area contributed by atoms with Crippen LogP contribution >= 0.6 is 11.3 Å². The van der Waals surface area contributed by atoms with E-state index in [4.69, 9.17) is 13.9 Å². The smallest absolute Gasteiger partial charge is 0.296 e. The van der Waals surface area contributed by atoms with Gasteiger partial charge < -0.3 is 19.0 Å². The molecule has 1 aliphatic rings. The first-order valence-corrected chi connectivity index (χ1v) is 12.3. The van der Waals surface area contributed by atoms with Gasteiger partial charge >= 0.3 is 0 Å². The number of hydrogen-bond donors (Lipinski definition) is 1. The number of benzene rings is 2. The fourth-order valence-corrected chi connectivity index (χ4v) is 5.18. The number of amides is 1. The molecule has 184 valence electrons. The van der Waals surface area contributed by atoms with Crippen molar-refractivity contribution in [1.82, 2.24) is 4.98 Å². The molecule has 2 aromatic heterocycles. The number of ketones is 1. The molecular formula is C27H24N2O6S. The molecule has 0 aliphatic carbocycles. The third-order valence-electron chi connectivity index (χ3n) is 5.85. The van der Waals surface area contributed by atoms with Gasteiger partial charge in [0.15, 0.2) is 16.7 Å². The summed E-state index contributed by atoms with van der Waals surface area (Å²) in [5, 5.41) is 11.3. The molecular weight excluding hydrogens is 480 g/mol. The molecule has 1 unspecified atom stereocenters. The largest absolute Gasteiger partial charge is 0.503 e. The normalized spacial score (nSPS) is 15.7. The van der Waals surface area contributed by atoms with E-state index in [-0.39, 0.29) is 11.3 Å². The number of methoxy groups -OCH3 is 1. The standard InChI is InChI=1S/C27H24N2O6S/c1-4-12-34-18-7-5-6-16(13-18)23-22(24(30)20-11-8-15(2)35-20)25(31)26(32)29(23)27-28-19-10-9-17(33-3)14-21(19)36-27/h5-11,13-14,23,31H,4,12H2,1-3H3. The SMILES string of the molecule is CCCOc1cccc(C2C(C(=O)c3ccc(C)o3)=C(O)C(=O)N2c2nc3ccc(OC)cc3s2)c1. The monoisotopic (exact) mass is 504 g/mol. The van der Waals surface area contributed by atoms with Crippen molar-refractivity contribution in [2.24, 2.45) is 0 Å². The van der Waals surface area contributed by atoms with Gasteiger partial charge in [-0.1, -0.05) is 30.4 Å². The summed E-state index contributed by atoms with van der Waals surface area (Å²) in [6, 6.07) is 14.9. The van der Waals surface area contributed by atoms with E-state index in [0.717, 1.165) is 11.1 Å². The molecule has 5 rings (SSSR count). The predicted molar refractivity (Wildman–Crippen MR) is 136 cm³/mol. The van der Waals surface area contributed by atoms with Crippen LogP contribution in [0, 0.1) is 6.92 Å². The number of thiazole rings is 1. The number of aryl methyl sites for hydroxylation is 1. The Morgan fingerprint density at radius 2 is 2.00 bits per heavy atom. The molecule has 0 saturated heterocycles. The quantitative estimate of drug-likeness (QED) is 0.304. The Hall–Kier alpha value is -4.11. The van der Waals surface area contributed by atoms with E-state index in [2.05, 4.69) is 4.98 Å². The average Bonchev–Trinajstić information content (AvgIpc) is 3.58. The predicted octanol–water partition coefficient (Wildman–Crippen LogP) is 5.78. The highest BCUT2D eigenvalue weighted by Crippen LogP contribution is 2.45. The van der Waals surface area contributed by atoms with E-state index in [0.29, 0.717) is 40.1 Å². The summed E-state index contributed by atoms with van der Waals surface area (Å²) in [6.45, 7) is 4.25. The number of aromatic nitrogens is 1. The Morgan fingerprint density at radius 3 is 2.72 bits per heavy atom. The van der Waals surface area contributed by atoms with Crippen LogP contribution in [0.5, 0.6) is 11.5 Å². The lowest BCUT2D eigenvalue weighted by Gasteiger charge is -2.24. The number of anilines is 1. The molecule has 36 heavy (non-hydrogen) atoms. The zero-order valence-electron chi connectivity index (χ0n) is 20.0. The zero-order chi connectivity index (χ0) is 25.4. The maximum atomic E-state index is 13.5. The number of ether oxygens (including phenoxy) is 2. The summed E-state index contributed by atoms with van der Waals surface area (Å²) in [4.78, 5) is 33.0. The Bertz CT molecular complexity index is 1500. The number of fused-ring (bicyclic) bond motifs is 1. The van der Waals surface area contributed by atoms with Crippen LogP contribution in [0.25, 0.3) is 10.2 Å². The minimum absolute atomic E-state index is 0.0427. The van der Waals surface area contributed by atoms with Crippen molar-refractivity contribution in [1.29, 1.82) is 0 Å².